The van der Waals surface area contributed by atoms with E-state index in [1.165, 1.54) is 6.07 Å². The molecule has 3 heteroatoms. The van der Waals surface area contributed by atoms with Gasteiger partial charge in [0.1, 0.15) is 5.82 Å². The van der Waals surface area contributed by atoms with Gasteiger partial charge in [0.15, 0.2) is 0 Å². The van der Waals surface area contributed by atoms with E-state index in [0.29, 0.717) is 4.47 Å². The van der Waals surface area contributed by atoms with Gasteiger partial charge in [0, 0.05) is 6.54 Å². The molecule has 1 rings (SSSR count). The van der Waals surface area contributed by atoms with Gasteiger partial charge in [-0.25, -0.2) is 4.39 Å². The molecular formula is C11H15BrFN. The lowest BCUT2D eigenvalue weighted by Gasteiger charge is -2.18. The highest BCUT2D eigenvalue weighted by atomic mass is 79.9. The minimum atomic E-state index is -0.186. The van der Waals surface area contributed by atoms with Gasteiger partial charge in [0.05, 0.1) is 4.47 Å². The molecule has 78 valence electrons. The normalized spacial score (nSPS) is 10.9. The summed E-state index contributed by atoms with van der Waals surface area (Å²) in [7, 11) is 0. The summed E-state index contributed by atoms with van der Waals surface area (Å²) >= 11 is 3.27. The third kappa shape index (κ3) is 2.79. The fourth-order valence-electron chi connectivity index (χ4n) is 1.36. The lowest BCUT2D eigenvalue weighted by Crippen LogP contribution is -2.22. The molecule has 0 atom stereocenters. The second kappa shape index (κ2) is 5.47. The highest BCUT2D eigenvalue weighted by Gasteiger charge is 2.07. The molecule has 0 N–H and O–H groups in total. The van der Waals surface area contributed by atoms with Gasteiger partial charge in [0.25, 0.3) is 0 Å². The number of nitrogens with zero attached hydrogens (tertiary/aromatic N) is 1. The van der Waals surface area contributed by atoms with Crippen molar-refractivity contribution >= 4 is 15.9 Å². The first-order valence-corrected chi connectivity index (χ1v) is 5.63. The zero-order valence-electron chi connectivity index (χ0n) is 8.56. The third-order valence-corrected chi connectivity index (χ3v) is 3.21. The smallest absolute Gasteiger partial charge is 0.137 e. The Morgan fingerprint density at radius 2 is 1.93 bits per heavy atom. The van der Waals surface area contributed by atoms with Gasteiger partial charge in [-0.1, -0.05) is 26.0 Å². The Balaban J connectivity index is 2.80. The summed E-state index contributed by atoms with van der Waals surface area (Å²) in [6.45, 7) is 6.98. The first-order valence-electron chi connectivity index (χ1n) is 4.84. The van der Waals surface area contributed by atoms with E-state index in [0.717, 1.165) is 25.2 Å². The van der Waals surface area contributed by atoms with Gasteiger partial charge in [0.2, 0.25) is 0 Å². The van der Waals surface area contributed by atoms with Crippen LogP contribution in [-0.4, -0.2) is 18.0 Å². The number of halogens is 2. The first-order chi connectivity index (χ1) is 6.69. The molecule has 0 spiro atoms. The number of hydrogen-bond donors (Lipinski definition) is 0. The van der Waals surface area contributed by atoms with Crippen LogP contribution in [0.1, 0.15) is 19.4 Å². The van der Waals surface area contributed by atoms with E-state index in [1.807, 2.05) is 6.07 Å². The quantitative estimate of drug-likeness (QED) is 0.801. The van der Waals surface area contributed by atoms with E-state index < -0.39 is 0 Å². The lowest BCUT2D eigenvalue weighted by atomic mass is 10.2. The number of rotatable bonds is 4. The van der Waals surface area contributed by atoms with Crippen molar-refractivity contribution in [2.24, 2.45) is 0 Å². The average molecular weight is 260 g/mol. The molecule has 0 aliphatic rings. The monoisotopic (exact) mass is 259 g/mol. The van der Waals surface area contributed by atoms with Crippen molar-refractivity contribution in [1.29, 1.82) is 0 Å². The maximum absolute atomic E-state index is 13.2. The number of hydrogen-bond acceptors (Lipinski definition) is 1. The van der Waals surface area contributed by atoms with Crippen molar-refractivity contribution in [2.45, 2.75) is 20.4 Å². The van der Waals surface area contributed by atoms with Crippen LogP contribution in [0.2, 0.25) is 0 Å². The average Bonchev–Trinajstić information content (AvgIpc) is 2.20. The Labute approximate surface area is 93.0 Å². The van der Waals surface area contributed by atoms with Crippen molar-refractivity contribution in [3.05, 3.63) is 34.1 Å². The van der Waals surface area contributed by atoms with Crippen molar-refractivity contribution < 1.29 is 4.39 Å². The molecule has 0 heterocycles. The van der Waals surface area contributed by atoms with Crippen LogP contribution in [0.25, 0.3) is 0 Å². The minimum absolute atomic E-state index is 0.186. The second-order valence-corrected chi connectivity index (χ2v) is 3.97. The van der Waals surface area contributed by atoms with Gasteiger partial charge >= 0.3 is 0 Å². The minimum Gasteiger partial charge on any atom is -0.300 e. The topological polar surface area (TPSA) is 3.24 Å². The standard InChI is InChI=1S/C11H15BrFN/c1-3-14(4-2)8-9-6-5-7-10(13)11(9)12/h5-7H,3-4,8H2,1-2H3. The summed E-state index contributed by atoms with van der Waals surface area (Å²) in [6.07, 6.45) is 0. The van der Waals surface area contributed by atoms with Crippen LogP contribution in [0.4, 0.5) is 4.39 Å². The molecule has 0 unspecified atom stereocenters. The molecule has 0 aliphatic carbocycles. The Bertz CT molecular complexity index is 297. The van der Waals surface area contributed by atoms with Crippen LogP contribution in [0, 0.1) is 5.82 Å². The Morgan fingerprint density at radius 1 is 1.29 bits per heavy atom. The Hall–Kier alpha value is -0.410. The molecule has 0 aliphatic heterocycles. The highest BCUT2D eigenvalue weighted by molar-refractivity contribution is 9.10. The highest BCUT2D eigenvalue weighted by Crippen LogP contribution is 2.21. The third-order valence-electron chi connectivity index (χ3n) is 2.32. The van der Waals surface area contributed by atoms with Crippen molar-refractivity contribution in [1.82, 2.24) is 4.90 Å². The van der Waals surface area contributed by atoms with Gasteiger partial charge in [-0.05, 0) is 40.6 Å². The Kier molecular flexibility index (Phi) is 4.55. The predicted octanol–water partition coefficient (Wildman–Crippen LogP) is 3.43. The largest absolute Gasteiger partial charge is 0.300 e. The van der Waals surface area contributed by atoms with E-state index in [2.05, 4.69) is 34.7 Å². The lowest BCUT2D eigenvalue weighted by molar-refractivity contribution is 0.295. The fourth-order valence-corrected chi connectivity index (χ4v) is 1.75. The molecule has 14 heavy (non-hydrogen) atoms. The second-order valence-electron chi connectivity index (χ2n) is 3.17. The van der Waals surface area contributed by atoms with Gasteiger partial charge in [-0.3, -0.25) is 4.90 Å². The van der Waals surface area contributed by atoms with E-state index in [9.17, 15) is 4.39 Å². The first kappa shape index (κ1) is 11.7. The molecule has 1 aromatic carbocycles. The van der Waals surface area contributed by atoms with Gasteiger partial charge < -0.3 is 0 Å². The van der Waals surface area contributed by atoms with E-state index in [4.69, 9.17) is 0 Å². The molecular weight excluding hydrogens is 245 g/mol. The molecule has 0 radical (unpaired) electrons. The van der Waals surface area contributed by atoms with Gasteiger partial charge in [-0.15, -0.1) is 0 Å². The Morgan fingerprint density at radius 3 is 2.50 bits per heavy atom. The zero-order valence-corrected chi connectivity index (χ0v) is 10.1. The summed E-state index contributed by atoms with van der Waals surface area (Å²) < 4.78 is 13.8. The maximum atomic E-state index is 13.2. The molecule has 1 nitrogen and oxygen atoms in total. The summed E-state index contributed by atoms with van der Waals surface area (Å²) in [5.41, 5.74) is 1.01. The van der Waals surface area contributed by atoms with E-state index in [1.54, 1.807) is 6.07 Å². The summed E-state index contributed by atoms with van der Waals surface area (Å²) in [5, 5.41) is 0. The van der Waals surface area contributed by atoms with Crippen LogP contribution < -0.4 is 0 Å². The summed E-state index contributed by atoms with van der Waals surface area (Å²) in [5.74, 6) is -0.186. The van der Waals surface area contributed by atoms with Crippen LogP contribution in [0.5, 0.6) is 0 Å². The van der Waals surface area contributed by atoms with Crippen molar-refractivity contribution in [3.8, 4) is 0 Å². The fraction of sp³-hybridized carbons (Fsp3) is 0.455. The maximum Gasteiger partial charge on any atom is 0.137 e. The molecule has 0 fully saturated rings. The predicted molar refractivity (Wildman–Crippen MR) is 60.7 cm³/mol. The zero-order chi connectivity index (χ0) is 10.6. The summed E-state index contributed by atoms with van der Waals surface area (Å²) in [4.78, 5) is 2.25. The number of benzene rings is 1. The van der Waals surface area contributed by atoms with Gasteiger partial charge in [-0.2, -0.15) is 0 Å². The van der Waals surface area contributed by atoms with Crippen molar-refractivity contribution in [3.63, 3.8) is 0 Å². The molecule has 0 amide bonds. The van der Waals surface area contributed by atoms with Crippen LogP contribution in [0.3, 0.4) is 0 Å². The van der Waals surface area contributed by atoms with Crippen LogP contribution >= 0.6 is 15.9 Å². The summed E-state index contributed by atoms with van der Waals surface area (Å²) in [6, 6.07) is 5.17. The van der Waals surface area contributed by atoms with E-state index >= 15 is 0 Å². The molecule has 0 saturated carbocycles. The molecule has 0 aromatic heterocycles. The van der Waals surface area contributed by atoms with Crippen LogP contribution in [0.15, 0.2) is 22.7 Å². The SMILES string of the molecule is CCN(CC)Cc1cccc(F)c1Br. The molecule has 0 bridgehead atoms. The molecule has 0 saturated heterocycles. The van der Waals surface area contributed by atoms with Crippen LogP contribution in [-0.2, 0) is 6.54 Å². The van der Waals surface area contributed by atoms with Crippen molar-refractivity contribution in [2.75, 3.05) is 13.1 Å². The molecule has 1 aromatic rings. The van der Waals surface area contributed by atoms with E-state index in [-0.39, 0.29) is 5.82 Å².